The summed E-state index contributed by atoms with van der Waals surface area (Å²) in [5, 5.41) is 2.86. The summed E-state index contributed by atoms with van der Waals surface area (Å²) in [6, 6.07) is 7.58. The van der Waals surface area contributed by atoms with E-state index in [2.05, 4.69) is 10.3 Å². The average molecular weight is 367 g/mol. The van der Waals surface area contributed by atoms with Gasteiger partial charge in [-0.1, -0.05) is 12.1 Å². The molecule has 7 heteroatoms. The van der Waals surface area contributed by atoms with Crippen molar-refractivity contribution in [1.82, 2.24) is 14.9 Å². The molecule has 0 atom stereocenters. The van der Waals surface area contributed by atoms with Crippen LogP contribution >= 0.6 is 0 Å². The molecule has 0 fully saturated rings. The second kappa shape index (κ2) is 8.35. The van der Waals surface area contributed by atoms with Gasteiger partial charge in [0.2, 0.25) is 0 Å². The van der Waals surface area contributed by atoms with Crippen molar-refractivity contribution in [2.45, 2.75) is 19.8 Å². The lowest BCUT2D eigenvalue weighted by atomic mass is 9.83. The smallest absolute Gasteiger partial charge is 0.336 e. The van der Waals surface area contributed by atoms with Gasteiger partial charge < -0.3 is 19.4 Å². The summed E-state index contributed by atoms with van der Waals surface area (Å²) in [5.74, 6) is -1.54. The number of carbonyl (C=O) groups excluding carboxylic acids is 2. The molecule has 0 amide bonds. The van der Waals surface area contributed by atoms with Gasteiger partial charge in [0.25, 0.3) is 0 Å². The lowest BCUT2D eigenvalue weighted by Crippen LogP contribution is -2.27. The van der Waals surface area contributed by atoms with E-state index in [-0.39, 0.29) is 13.2 Å². The van der Waals surface area contributed by atoms with Gasteiger partial charge in [-0.2, -0.15) is 0 Å². The van der Waals surface area contributed by atoms with Crippen LogP contribution in [-0.2, 0) is 19.1 Å². The van der Waals surface area contributed by atoms with Gasteiger partial charge in [0, 0.05) is 30.5 Å². The molecule has 0 aliphatic carbocycles. The minimum Gasteiger partial charge on any atom is -0.463 e. The van der Waals surface area contributed by atoms with Crippen LogP contribution in [0.4, 0.5) is 0 Å². The quantitative estimate of drug-likeness (QED) is 0.790. The van der Waals surface area contributed by atoms with Crippen LogP contribution in [0.15, 0.2) is 66.5 Å². The van der Waals surface area contributed by atoms with Gasteiger partial charge in [0.05, 0.1) is 36.6 Å². The third-order valence-corrected chi connectivity index (χ3v) is 4.13. The number of carbonyl (C=O) groups is 2. The molecule has 3 rings (SSSR count). The number of nitrogens with zero attached hydrogens (tertiary/aromatic N) is 2. The summed E-state index contributed by atoms with van der Waals surface area (Å²) in [7, 11) is 0. The zero-order valence-electron chi connectivity index (χ0n) is 15.2. The number of ether oxygens (including phenoxy) is 2. The highest BCUT2D eigenvalue weighted by atomic mass is 16.5. The van der Waals surface area contributed by atoms with Crippen molar-refractivity contribution >= 4 is 11.9 Å². The number of imidazole rings is 1. The Labute approximate surface area is 157 Å². The summed E-state index contributed by atoms with van der Waals surface area (Å²) >= 11 is 0. The first-order valence-corrected chi connectivity index (χ1v) is 8.74. The number of rotatable bonds is 6. The molecule has 0 unspecified atom stereocenters. The highest BCUT2D eigenvalue weighted by molar-refractivity contribution is 5.98. The standard InChI is InChI=1S/C20H21N3O4/c1-3-26-19(24)16-11-22-12-17(20(25)27-4-2)18(16)14-6-5-7-15(10-14)23-9-8-21-13-23/h5-13,18,22H,3-4H2,1-2H3. The molecule has 1 aliphatic rings. The van der Waals surface area contributed by atoms with Crippen LogP contribution in [-0.4, -0.2) is 34.7 Å². The van der Waals surface area contributed by atoms with Crippen molar-refractivity contribution in [2.75, 3.05) is 13.2 Å². The molecule has 140 valence electrons. The molecule has 2 heterocycles. The molecule has 1 aromatic heterocycles. The number of esters is 2. The lowest BCUT2D eigenvalue weighted by molar-refractivity contribution is -0.139. The molecule has 7 nitrogen and oxygen atoms in total. The summed E-state index contributed by atoms with van der Waals surface area (Å²) in [6.45, 7) is 3.98. The minimum atomic E-state index is -0.590. The molecule has 27 heavy (non-hydrogen) atoms. The Morgan fingerprint density at radius 1 is 1.11 bits per heavy atom. The Kier molecular flexibility index (Phi) is 5.71. The Hall–Kier alpha value is -3.35. The van der Waals surface area contributed by atoms with E-state index in [9.17, 15) is 9.59 Å². The Bertz CT molecular complexity index is 850. The predicted octanol–water partition coefficient (Wildman–Crippen LogP) is 2.45. The van der Waals surface area contributed by atoms with E-state index >= 15 is 0 Å². The van der Waals surface area contributed by atoms with Crippen LogP contribution in [0.1, 0.15) is 25.3 Å². The monoisotopic (exact) mass is 367 g/mol. The van der Waals surface area contributed by atoms with Gasteiger partial charge in [-0.25, -0.2) is 14.6 Å². The maximum Gasteiger partial charge on any atom is 0.336 e. The third kappa shape index (κ3) is 3.92. The zero-order chi connectivity index (χ0) is 19.2. The molecular formula is C20H21N3O4. The van der Waals surface area contributed by atoms with Crippen LogP contribution in [0.2, 0.25) is 0 Å². The Morgan fingerprint density at radius 2 is 1.78 bits per heavy atom. The average Bonchev–Trinajstić information content (AvgIpc) is 3.23. The summed E-state index contributed by atoms with van der Waals surface area (Å²) < 4.78 is 12.2. The topological polar surface area (TPSA) is 82.5 Å². The van der Waals surface area contributed by atoms with Gasteiger partial charge in [-0.05, 0) is 31.5 Å². The van der Waals surface area contributed by atoms with Crippen molar-refractivity contribution in [2.24, 2.45) is 0 Å². The van der Waals surface area contributed by atoms with E-state index in [0.717, 1.165) is 11.3 Å². The first kappa shape index (κ1) is 18.4. The highest BCUT2D eigenvalue weighted by Crippen LogP contribution is 2.35. The molecule has 0 saturated heterocycles. The molecule has 0 bridgehead atoms. The molecule has 1 aliphatic heterocycles. The van der Waals surface area contributed by atoms with Gasteiger partial charge in [0.15, 0.2) is 0 Å². The number of hydrogen-bond donors (Lipinski definition) is 1. The molecule has 0 radical (unpaired) electrons. The number of aromatic nitrogens is 2. The highest BCUT2D eigenvalue weighted by Gasteiger charge is 2.34. The molecule has 2 aromatic rings. The maximum absolute atomic E-state index is 12.5. The molecular weight excluding hydrogens is 346 g/mol. The van der Waals surface area contributed by atoms with Gasteiger partial charge in [-0.15, -0.1) is 0 Å². The first-order chi connectivity index (χ1) is 13.2. The van der Waals surface area contributed by atoms with Crippen molar-refractivity contribution in [3.63, 3.8) is 0 Å². The number of dihydropyridines is 1. The number of benzene rings is 1. The lowest BCUT2D eigenvalue weighted by Gasteiger charge is -2.25. The predicted molar refractivity (Wildman–Crippen MR) is 98.9 cm³/mol. The summed E-state index contributed by atoms with van der Waals surface area (Å²) in [4.78, 5) is 29.1. The van der Waals surface area contributed by atoms with Crippen LogP contribution in [0.25, 0.3) is 5.69 Å². The van der Waals surface area contributed by atoms with Crippen molar-refractivity contribution in [3.8, 4) is 5.69 Å². The third-order valence-electron chi connectivity index (χ3n) is 4.13. The van der Waals surface area contributed by atoms with E-state index in [0.29, 0.717) is 11.1 Å². The fraction of sp³-hybridized carbons (Fsp3) is 0.250. The Balaban J connectivity index is 2.04. The number of hydrogen-bond acceptors (Lipinski definition) is 6. The molecule has 0 spiro atoms. The van der Waals surface area contributed by atoms with E-state index < -0.39 is 17.9 Å². The fourth-order valence-electron chi connectivity index (χ4n) is 2.97. The van der Waals surface area contributed by atoms with Crippen molar-refractivity contribution < 1.29 is 19.1 Å². The SMILES string of the molecule is CCOC(=O)C1=CNC=C(C(=O)OCC)C1c1cccc(-n2ccnc2)c1. The molecule has 1 aromatic carbocycles. The van der Waals surface area contributed by atoms with Crippen molar-refractivity contribution in [1.29, 1.82) is 0 Å². The van der Waals surface area contributed by atoms with Crippen LogP contribution in [0, 0.1) is 0 Å². The van der Waals surface area contributed by atoms with E-state index in [1.165, 1.54) is 0 Å². The summed E-state index contributed by atoms with van der Waals surface area (Å²) in [5.41, 5.74) is 2.35. The van der Waals surface area contributed by atoms with Gasteiger partial charge in [0.1, 0.15) is 0 Å². The van der Waals surface area contributed by atoms with Gasteiger partial charge >= 0.3 is 11.9 Å². The molecule has 0 saturated carbocycles. The van der Waals surface area contributed by atoms with Gasteiger partial charge in [-0.3, -0.25) is 0 Å². The van der Waals surface area contributed by atoms with Crippen molar-refractivity contribution in [3.05, 3.63) is 72.1 Å². The fourth-order valence-corrected chi connectivity index (χ4v) is 2.97. The van der Waals surface area contributed by atoms with E-state index in [1.54, 1.807) is 38.8 Å². The maximum atomic E-state index is 12.5. The van der Waals surface area contributed by atoms with Crippen LogP contribution in [0.3, 0.4) is 0 Å². The van der Waals surface area contributed by atoms with Crippen LogP contribution < -0.4 is 5.32 Å². The first-order valence-electron chi connectivity index (χ1n) is 8.74. The largest absolute Gasteiger partial charge is 0.463 e. The van der Waals surface area contributed by atoms with E-state index in [1.807, 2.05) is 35.0 Å². The normalized spacial score (nSPS) is 14.0. The Morgan fingerprint density at radius 3 is 2.33 bits per heavy atom. The van der Waals surface area contributed by atoms with E-state index in [4.69, 9.17) is 9.47 Å². The summed E-state index contributed by atoms with van der Waals surface area (Å²) in [6.07, 6.45) is 8.33. The second-order valence-electron chi connectivity index (χ2n) is 5.80. The minimum absolute atomic E-state index is 0.246. The van der Waals surface area contributed by atoms with Crippen LogP contribution in [0.5, 0.6) is 0 Å². The second-order valence-corrected chi connectivity index (χ2v) is 5.80. The zero-order valence-corrected chi connectivity index (χ0v) is 15.2. The molecule has 1 N–H and O–H groups in total. The number of nitrogens with one attached hydrogen (secondary N) is 1.